The third-order valence-corrected chi connectivity index (χ3v) is 5.38. The highest BCUT2D eigenvalue weighted by molar-refractivity contribution is 7.89. The fourth-order valence-electron chi connectivity index (χ4n) is 2.30. The van der Waals surface area contributed by atoms with E-state index in [-0.39, 0.29) is 5.75 Å². The Labute approximate surface area is 116 Å². The maximum Gasteiger partial charge on any atom is 0.215 e. The monoisotopic (exact) mass is 290 g/mol. The summed E-state index contributed by atoms with van der Waals surface area (Å²) < 4.78 is 25.5. The molecule has 1 N–H and O–H groups in total. The molecule has 1 fully saturated rings. The SMILES string of the molecule is CCN(CC)S(=O)(=O)CCNC(=NC)N1CCCC1. The van der Waals surface area contributed by atoms with Crippen molar-refractivity contribution in [1.82, 2.24) is 14.5 Å². The number of nitrogens with one attached hydrogen (secondary N) is 1. The summed E-state index contributed by atoms with van der Waals surface area (Å²) in [7, 11) is -1.42. The van der Waals surface area contributed by atoms with Crippen molar-refractivity contribution < 1.29 is 8.42 Å². The summed E-state index contributed by atoms with van der Waals surface area (Å²) in [6.45, 7) is 7.18. The first-order valence-electron chi connectivity index (χ1n) is 6.98. The standard InChI is InChI=1S/C12H26N4O2S/c1-4-16(5-2)19(17,18)11-8-14-12(13-3)15-9-6-7-10-15/h4-11H2,1-3H3,(H,13,14). The Kier molecular flexibility index (Phi) is 6.57. The van der Waals surface area contributed by atoms with Crippen LogP contribution in [0.25, 0.3) is 0 Å². The summed E-state index contributed by atoms with van der Waals surface area (Å²) in [4.78, 5) is 6.37. The highest BCUT2D eigenvalue weighted by Gasteiger charge is 2.20. The number of hydrogen-bond donors (Lipinski definition) is 1. The second kappa shape index (κ2) is 7.69. The molecule has 1 heterocycles. The summed E-state index contributed by atoms with van der Waals surface area (Å²) in [6.07, 6.45) is 2.36. The molecule has 7 heteroatoms. The summed E-state index contributed by atoms with van der Waals surface area (Å²) in [5.41, 5.74) is 0. The molecule has 1 aliphatic heterocycles. The molecule has 0 atom stereocenters. The molecule has 0 amide bonds. The minimum absolute atomic E-state index is 0.113. The Morgan fingerprint density at radius 2 is 1.84 bits per heavy atom. The van der Waals surface area contributed by atoms with Crippen molar-refractivity contribution in [3.05, 3.63) is 0 Å². The molecule has 19 heavy (non-hydrogen) atoms. The number of aliphatic imine (C=N–C) groups is 1. The van der Waals surface area contributed by atoms with E-state index < -0.39 is 10.0 Å². The molecular formula is C12H26N4O2S. The van der Waals surface area contributed by atoms with Crippen molar-refractivity contribution in [2.45, 2.75) is 26.7 Å². The number of likely N-dealkylation sites (tertiary alicyclic amines) is 1. The molecule has 1 saturated heterocycles. The predicted octanol–water partition coefficient (Wildman–Crippen LogP) is 0.329. The van der Waals surface area contributed by atoms with Gasteiger partial charge in [0.15, 0.2) is 5.96 Å². The van der Waals surface area contributed by atoms with Crippen LogP contribution in [0.5, 0.6) is 0 Å². The molecule has 0 bridgehead atoms. The third-order valence-electron chi connectivity index (χ3n) is 3.36. The molecule has 0 aromatic heterocycles. The van der Waals surface area contributed by atoms with Gasteiger partial charge >= 0.3 is 0 Å². The van der Waals surface area contributed by atoms with Gasteiger partial charge < -0.3 is 10.2 Å². The molecule has 0 radical (unpaired) electrons. The Morgan fingerprint density at radius 1 is 1.26 bits per heavy atom. The molecule has 6 nitrogen and oxygen atoms in total. The van der Waals surface area contributed by atoms with Crippen LogP contribution < -0.4 is 5.32 Å². The van der Waals surface area contributed by atoms with Gasteiger partial charge in [-0.15, -0.1) is 0 Å². The van der Waals surface area contributed by atoms with Crippen molar-refractivity contribution in [2.24, 2.45) is 4.99 Å². The van der Waals surface area contributed by atoms with Crippen molar-refractivity contribution in [3.63, 3.8) is 0 Å². The van der Waals surface area contributed by atoms with Gasteiger partial charge in [0.1, 0.15) is 0 Å². The maximum atomic E-state index is 12.0. The van der Waals surface area contributed by atoms with Gasteiger partial charge in [-0.25, -0.2) is 12.7 Å². The molecule has 0 spiro atoms. The number of hydrogen-bond acceptors (Lipinski definition) is 3. The summed E-state index contributed by atoms with van der Waals surface area (Å²) in [5.74, 6) is 0.925. The van der Waals surface area contributed by atoms with Crippen LogP contribution in [0.4, 0.5) is 0 Å². The number of sulfonamides is 1. The maximum absolute atomic E-state index is 12.0. The predicted molar refractivity (Wildman–Crippen MR) is 78.9 cm³/mol. The second-order valence-corrected chi connectivity index (χ2v) is 6.66. The van der Waals surface area contributed by atoms with Crippen LogP contribution in [-0.4, -0.2) is 69.1 Å². The fourth-order valence-corrected chi connectivity index (χ4v) is 3.70. The van der Waals surface area contributed by atoms with E-state index in [9.17, 15) is 8.42 Å². The molecule has 1 rings (SSSR count). The quantitative estimate of drug-likeness (QED) is 0.565. The van der Waals surface area contributed by atoms with Crippen LogP contribution in [0.3, 0.4) is 0 Å². The highest BCUT2D eigenvalue weighted by atomic mass is 32.2. The van der Waals surface area contributed by atoms with Crippen LogP contribution in [0, 0.1) is 0 Å². The molecule has 112 valence electrons. The van der Waals surface area contributed by atoms with Gasteiger partial charge in [-0.1, -0.05) is 13.8 Å². The Bertz CT molecular complexity index is 385. The average molecular weight is 290 g/mol. The largest absolute Gasteiger partial charge is 0.355 e. The topological polar surface area (TPSA) is 65.0 Å². The van der Waals surface area contributed by atoms with Crippen LogP contribution in [-0.2, 0) is 10.0 Å². The van der Waals surface area contributed by atoms with Crippen LogP contribution in [0.15, 0.2) is 4.99 Å². The van der Waals surface area contributed by atoms with E-state index in [0.717, 1.165) is 19.0 Å². The minimum Gasteiger partial charge on any atom is -0.355 e. The minimum atomic E-state index is -3.15. The second-order valence-electron chi connectivity index (χ2n) is 4.57. The highest BCUT2D eigenvalue weighted by Crippen LogP contribution is 2.07. The van der Waals surface area contributed by atoms with E-state index >= 15 is 0 Å². The summed E-state index contributed by atoms with van der Waals surface area (Å²) in [5, 5.41) is 3.14. The number of rotatable bonds is 6. The van der Waals surface area contributed by atoms with Crippen molar-refractivity contribution in [2.75, 3.05) is 45.5 Å². The van der Waals surface area contributed by atoms with Gasteiger partial charge in [0, 0.05) is 39.8 Å². The van der Waals surface area contributed by atoms with Gasteiger partial charge in [0.25, 0.3) is 0 Å². The first-order valence-corrected chi connectivity index (χ1v) is 8.59. The summed E-state index contributed by atoms with van der Waals surface area (Å²) in [6, 6.07) is 0. The smallest absolute Gasteiger partial charge is 0.215 e. The zero-order valence-corrected chi connectivity index (χ0v) is 13.0. The van der Waals surface area contributed by atoms with Crippen molar-refractivity contribution in [1.29, 1.82) is 0 Å². The Balaban J connectivity index is 2.44. The molecular weight excluding hydrogens is 264 g/mol. The van der Waals surface area contributed by atoms with Crippen molar-refractivity contribution >= 4 is 16.0 Å². The lowest BCUT2D eigenvalue weighted by Crippen LogP contribution is -2.43. The Morgan fingerprint density at radius 3 is 2.32 bits per heavy atom. The van der Waals surface area contributed by atoms with E-state index in [1.54, 1.807) is 7.05 Å². The Hall–Kier alpha value is -0.820. The van der Waals surface area contributed by atoms with E-state index in [0.29, 0.717) is 19.6 Å². The third kappa shape index (κ3) is 4.65. The lowest BCUT2D eigenvalue weighted by Gasteiger charge is -2.22. The first kappa shape index (κ1) is 16.2. The molecule has 0 aromatic carbocycles. The molecule has 0 aliphatic carbocycles. The van der Waals surface area contributed by atoms with E-state index in [4.69, 9.17) is 0 Å². The van der Waals surface area contributed by atoms with Gasteiger partial charge in [-0.3, -0.25) is 4.99 Å². The van der Waals surface area contributed by atoms with E-state index in [2.05, 4.69) is 15.2 Å². The van der Waals surface area contributed by atoms with Gasteiger partial charge in [0.2, 0.25) is 10.0 Å². The van der Waals surface area contributed by atoms with Crippen LogP contribution >= 0.6 is 0 Å². The molecule has 1 aliphatic rings. The van der Waals surface area contributed by atoms with Gasteiger partial charge in [-0.2, -0.15) is 0 Å². The van der Waals surface area contributed by atoms with Crippen molar-refractivity contribution in [3.8, 4) is 0 Å². The zero-order valence-electron chi connectivity index (χ0n) is 12.2. The molecule has 0 aromatic rings. The lowest BCUT2D eigenvalue weighted by molar-refractivity contribution is 0.444. The number of nitrogens with zero attached hydrogens (tertiary/aromatic N) is 3. The summed E-state index contributed by atoms with van der Waals surface area (Å²) >= 11 is 0. The molecule has 0 saturated carbocycles. The average Bonchev–Trinajstić information content (AvgIpc) is 2.89. The fraction of sp³-hybridized carbons (Fsp3) is 0.917. The van der Waals surface area contributed by atoms with Crippen LogP contribution in [0.2, 0.25) is 0 Å². The van der Waals surface area contributed by atoms with Gasteiger partial charge in [-0.05, 0) is 12.8 Å². The zero-order chi connectivity index (χ0) is 14.3. The van der Waals surface area contributed by atoms with Crippen LogP contribution in [0.1, 0.15) is 26.7 Å². The first-order chi connectivity index (χ1) is 9.05. The van der Waals surface area contributed by atoms with E-state index in [1.165, 1.54) is 17.1 Å². The molecule has 0 unspecified atom stereocenters. The van der Waals surface area contributed by atoms with E-state index in [1.807, 2.05) is 13.8 Å². The lowest BCUT2D eigenvalue weighted by atomic mass is 10.4. The normalized spacial score (nSPS) is 17.3. The van der Waals surface area contributed by atoms with Gasteiger partial charge in [0.05, 0.1) is 5.75 Å². The number of guanidine groups is 1.